The molecule has 0 fully saturated rings. The molecule has 0 unspecified atom stereocenters. The number of thioether (sulfide) groups is 1. The van der Waals surface area contributed by atoms with Crippen molar-refractivity contribution in [3.05, 3.63) is 16.8 Å². The Morgan fingerprint density at radius 1 is 1.17 bits per heavy atom. The van der Waals surface area contributed by atoms with Gasteiger partial charge in [0.2, 0.25) is 5.88 Å². The molecule has 1 aliphatic rings. The third kappa shape index (κ3) is 2.39. The SMILES string of the molecule is CCOc1nc(SC)nc2c1sc1nc(C(C)C)c3c(c12)CCC3. The van der Waals surface area contributed by atoms with Gasteiger partial charge in [0.1, 0.15) is 9.53 Å². The first-order chi connectivity index (χ1) is 11.6. The Bertz CT molecular complexity index is 933. The van der Waals surface area contributed by atoms with Crippen LogP contribution in [-0.4, -0.2) is 27.8 Å². The molecule has 4 rings (SSSR count). The van der Waals surface area contributed by atoms with Crippen molar-refractivity contribution in [2.45, 2.75) is 51.1 Å². The maximum absolute atomic E-state index is 5.81. The number of nitrogens with zero attached hydrogens (tertiary/aromatic N) is 3. The third-order valence-corrected chi connectivity index (χ3v) is 6.13. The highest BCUT2D eigenvalue weighted by Gasteiger charge is 2.26. The van der Waals surface area contributed by atoms with Gasteiger partial charge in [0.25, 0.3) is 0 Å². The minimum atomic E-state index is 0.450. The predicted molar refractivity (Wildman–Crippen MR) is 102 cm³/mol. The fourth-order valence-corrected chi connectivity index (χ4v) is 5.01. The summed E-state index contributed by atoms with van der Waals surface area (Å²) in [4.78, 5) is 15.5. The summed E-state index contributed by atoms with van der Waals surface area (Å²) in [5, 5.41) is 2.01. The van der Waals surface area contributed by atoms with Gasteiger partial charge >= 0.3 is 0 Å². The van der Waals surface area contributed by atoms with E-state index in [0.29, 0.717) is 18.4 Å². The predicted octanol–water partition coefficient (Wildman–Crippen LogP) is 4.97. The molecule has 3 aromatic rings. The van der Waals surface area contributed by atoms with E-state index in [4.69, 9.17) is 14.7 Å². The average molecular weight is 360 g/mol. The van der Waals surface area contributed by atoms with Crippen molar-refractivity contribution < 1.29 is 4.74 Å². The van der Waals surface area contributed by atoms with Gasteiger partial charge < -0.3 is 4.74 Å². The van der Waals surface area contributed by atoms with Crippen LogP contribution < -0.4 is 4.74 Å². The van der Waals surface area contributed by atoms with Crippen LogP contribution in [0.1, 0.15) is 49.9 Å². The van der Waals surface area contributed by atoms with Gasteiger partial charge in [-0.25, -0.2) is 9.97 Å². The lowest BCUT2D eigenvalue weighted by Crippen LogP contribution is -2.00. The lowest BCUT2D eigenvalue weighted by molar-refractivity contribution is 0.328. The summed E-state index contributed by atoms with van der Waals surface area (Å²) in [5.41, 5.74) is 5.21. The Kier molecular flexibility index (Phi) is 4.12. The van der Waals surface area contributed by atoms with E-state index in [1.54, 1.807) is 23.1 Å². The Labute approximate surface area is 150 Å². The van der Waals surface area contributed by atoms with E-state index in [2.05, 4.69) is 18.8 Å². The first-order valence-electron chi connectivity index (χ1n) is 8.46. The van der Waals surface area contributed by atoms with Gasteiger partial charge in [-0.2, -0.15) is 4.98 Å². The van der Waals surface area contributed by atoms with Crippen molar-refractivity contribution in [3.63, 3.8) is 0 Å². The standard InChI is InChI=1S/C18H21N3OS2/c1-5-22-16-15-14(20-18(21-16)23-4)12-10-7-6-8-11(10)13(9(2)3)19-17(12)24-15/h9H,5-8H2,1-4H3. The van der Waals surface area contributed by atoms with E-state index in [1.165, 1.54) is 28.6 Å². The Morgan fingerprint density at radius 2 is 1.96 bits per heavy atom. The zero-order valence-corrected chi connectivity index (χ0v) is 16.1. The van der Waals surface area contributed by atoms with Crippen LogP contribution in [0.4, 0.5) is 0 Å². The van der Waals surface area contributed by atoms with Gasteiger partial charge in [-0.05, 0) is 49.5 Å². The third-order valence-electron chi connectivity index (χ3n) is 4.52. The van der Waals surface area contributed by atoms with E-state index in [9.17, 15) is 0 Å². The molecule has 3 heterocycles. The number of pyridine rings is 1. The Morgan fingerprint density at radius 3 is 2.67 bits per heavy atom. The van der Waals surface area contributed by atoms with Gasteiger partial charge in [-0.1, -0.05) is 25.6 Å². The van der Waals surface area contributed by atoms with Gasteiger partial charge in [0.15, 0.2) is 5.16 Å². The molecule has 0 spiro atoms. The molecule has 0 radical (unpaired) electrons. The first-order valence-corrected chi connectivity index (χ1v) is 10.5. The van der Waals surface area contributed by atoms with E-state index in [1.807, 2.05) is 13.2 Å². The zero-order valence-electron chi connectivity index (χ0n) is 14.5. The molecule has 0 aliphatic heterocycles. The van der Waals surface area contributed by atoms with Gasteiger partial charge in [-0.15, -0.1) is 11.3 Å². The van der Waals surface area contributed by atoms with E-state index < -0.39 is 0 Å². The number of aromatic nitrogens is 3. The van der Waals surface area contributed by atoms with Crippen LogP contribution in [-0.2, 0) is 12.8 Å². The number of rotatable bonds is 4. The summed E-state index contributed by atoms with van der Waals surface area (Å²) in [6.07, 6.45) is 5.49. The quantitative estimate of drug-likeness (QED) is 0.486. The summed E-state index contributed by atoms with van der Waals surface area (Å²) >= 11 is 3.23. The van der Waals surface area contributed by atoms with E-state index >= 15 is 0 Å². The molecular weight excluding hydrogens is 338 g/mol. The van der Waals surface area contributed by atoms with Crippen molar-refractivity contribution in [1.82, 2.24) is 15.0 Å². The number of aryl methyl sites for hydroxylation is 1. The first kappa shape index (κ1) is 16.1. The summed E-state index contributed by atoms with van der Waals surface area (Å²) in [6.45, 7) is 7.07. The molecule has 0 bridgehead atoms. The highest BCUT2D eigenvalue weighted by Crippen LogP contribution is 2.43. The summed E-state index contributed by atoms with van der Waals surface area (Å²) in [5.74, 6) is 1.15. The maximum atomic E-state index is 5.81. The molecule has 0 atom stereocenters. The Hall–Kier alpha value is -1.40. The zero-order chi connectivity index (χ0) is 16.8. The van der Waals surface area contributed by atoms with Crippen LogP contribution in [0.5, 0.6) is 5.88 Å². The van der Waals surface area contributed by atoms with E-state index in [0.717, 1.165) is 33.0 Å². The van der Waals surface area contributed by atoms with Crippen molar-refractivity contribution in [2.75, 3.05) is 12.9 Å². The molecule has 3 aromatic heterocycles. The fraction of sp³-hybridized carbons (Fsp3) is 0.500. The number of thiophene rings is 1. The lowest BCUT2D eigenvalue weighted by Gasteiger charge is -2.12. The number of fused-ring (bicyclic) bond motifs is 5. The van der Waals surface area contributed by atoms with Crippen LogP contribution in [0.15, 0.2) is 5.16 Å². The van der Waals surface area contributed by atoms with Crippen molar-refractivity contribution in [3.8, 4) is 5.88 Å². The molecule has 24 heavy (non-hydrogen) atoms. The van der Waals surface area contributed by atoms with Crippen LogP contribution in [0.25, 0.3) is 20.4 Å². The highest BCUT2D eigenvalue weighted by atomic mass is 32.2. The second-order valence-corrected chi connectivity index (χ2v) is 8.14. The van der Waals surface area contributed by atoms with Gasteiger partial charge in [-0.3, -0.25) is 0 Å². The Balaban J connectivity index is 2.11. The maximum Gasteiger partial charge on any atom is 0.235 e. The molecular formula is C18H21N3OS2. The normalized spacial score (nSPS) is 14.0. The monoisotopic (exact) mass is 359 g/mol. The molecule has 0 saturated heterocycles. The summed E-state index contributed by atoms with van der Waals surface area (Å²) < 4.78 is 6.84. The minimum Gasteiger partial charge on any atom is -0.477 e. The van der Waals surface area contributed by atoms with Crippen LogP contribution >= 0.6 is 23.1 Å². The highest BCUT2D eigenvalue weighted by molar-refractivity contribution is 7.98. The van der Waals surface area contributed by atoms with Crippen LogP contribution in [0.3, 0.4) is 0 Å². The fourth-order valence-electron chi connectivity index (χ4n) is 3.55. The molecule has 0 amide bonds. The van der Waals surface area contributed by atoms with Gasteiger partial charge in [0, 0.05) is 11.1 Å². The van der Waals surface area contributed by atoms with Crippen molar-refractivity contribution in [2.24, 2.45) is 0 Å². The van der Waals surface area contributed by atoms with Crippen LogP contribution in [0.2, 0.25) is 0 Å². The van der Waals surface area contributed by atoms with E-state index in [-0.39, 0.29) is 0 Å². The largest absolute Gasteiger partial charge is 0.477 e. The topological polar surface area (TPSA) is 47.9 Å². The van der Waals surface area contributed by atoms with Crippen LogP contribution in [0, 0.1) is 0 Å². The molecule has 0 aromatic carbocycles. The second-order valence-electron chi connectivity index (χ2n) is 6.37. The molecule has 4 nitrogen and oxygen atoms in total. The number of hydrogen-bond donors (Lipinski definition) is 0. The molecule has 6 heteroatoms. The number of hydrogen-bond acceptors (Lipinski definition) is 6. The second kappa shape index (κ2) is 6.15. The van der Waals surface area contributed by atoms with Crippen molar-refractivity contribution in [1.29, 1.82) is 0 Å². The smallest absolute Gasteiger partial charge is 0.235 e. The lowest BCUT2D eigenvalue weighted by atomic mass is 9.99. The molecule has 1 aliphatic carbocycles. The number of ether oxygens (including phenoxy) is 1. The summed E-state index contributed by atoms with van der Waals surface area (Å²) in [7, 11) is 0. The van der Waals surface area contributed by atoms with Gasteiger partial charge in [0.05, 0.1) is 12.1 Å². The van der Waals surface area contributed by atoms with Crippen molar-refractivity contribution >= 4 is 43.5 Å². The summed E-state index contributed by atoms with van der Waals surface area (Å²) in [6, 6.07) is 0. The minimum absolute atomic E-state index is 0.450. The average Bonchev–Trinajstić information content (AvgIpc) is 3.17. The molecule has 126 valence electrons. The molecule has 0 N–H and O–H groups in total. The molecule has 0 saturated carbocycles.